The van der Waals surface area contributed by atoms with Crippen LogP contribution in [0.1, 0.15) is 43.0 Å². The quantitative estimate of drug-likeness (QED) is 0.942. The molecule has 2 aromatic rings. The van der Waals surface area contributed by atoms with Crippen LogP contribution in [-0.4, -0.2) is 40.5 Å². The second-order valence-corrected chi connectivity index (χ2v) is 6.86. The summed E-state index contributed by atoms with van der Waals surface area (Å²) in [4.78, 5) is 15.3. The first-order valence-electron chi connectivity index (χ1n) is 8.89. The Morgan fingerprint density at radius 3 is 2.61 bits per heavy atom. The summed E-state index contributed by atoms with van der Waals surface area (Å²) in [6, 6.07) is 9.34. The highest BCUT2D eigenvalue weighted by molar-refractivity contribution is 6.07. The van der Waals surface area contributed by atoms with Crippen molar-refractivity contribution in [2.24, 2.45) is 0 Å². The number of aryl methyl sites for hydroxylation is 1. The van der Waals surface area contributed by atoms with E-state index < -0.39 is 0 Å². The van der Waals surface area contributed by atoms with E-state index in [1.165, 1.54) is 12.8 Å². The van der Waals surface area contributed by atoms with E-state index in [1.54, 1.807) is 0 Å². The molecule has 1 aromatic carbocycles. The molecule has 1 saturated heterocycles. The van der Waals surface area contributed by atoms with Crippen LogP contribution in [0.2, 0.25) is 0 Å². The fraction of sp³-hybridized carbons (Fsp3) is 0.526. The van der Waals surface area contributed by atoms with Crippen molar-refractivity contribution < 1.29 is 4.79 Å². The first kappa shape index (κ1) is 14.8. The Bertz CT molecular complexity index is 708. The van der Waals surface area contributed by atoms with Crippen molar-refractivity contribution in [3.05, 3.63) is 36.0 Å². The number of likely N-dealkylation sites (tertiary alicyclic amines) is 1. The third-order valence-corrected chi connectivity index (χ3v) is 5.30. The number of rotatable bonds is 4. The molecule has 2 fully saturated rings. The molecule has 1 amide bonds. The van der Waals surface area contributed by atoms with E-state index in [9.17, 15) is 4.79 Å². The maximum Gasteiger partial charge on any atom is 0.253 e. The molecule has 2 heterocycles. The summed E-state index contributed by atoms with van der Waals surface area (Å²) in [5.41, 5.74) is 1.95. The van der Waals surface area contributed by atoms with E-state index in [0.29, 0.717) is 6.04 Å². The molecule has 1 aromatic heterocycles. The number of carbonyl (C=O) groups excluding carboxylic acids is 1. The first-order chi connectivity index (χ1) is 11.3. The third kappa shape index (κ3) is 2.88. The third-order valence-electron chi connectivity index (χ3n) is 5.30. The molecule has 0 atom stereocenters. The summed E-state index contributed by atoms with van der Waals surface area (Å²) in [6.07, 6.45) is 6.89. The van der Waals surface area contributed by atoms with E-state index in [1.807, 2.05) is 24.4 Å². The van der Waals surface area contributed by atoms with E-state index in [2.05, 4.69) is 27.8 Å². The zero-order valence-corrected chi connectivity index (χ0v) is 13.8. The highest BCUT2D eigenvalue weighted by atomic mass is 16.1. The molecule has 0 spiro atoms. The van der Waals surface area contributed by atoms with Crippen LogP contribution in [0.15, 0.2) is 30.5 Å². The van der Waals surface area contributed by atoms with Crippen molar-refractivity contribution in [1.82, 2.24) is 14.8 Å². The second-order valence-electron chi connectivity index (χ2n) is 6.86. The van der Waals surface area contributed by atoms with Crippen molar-refractivity contribution in [1.29, 1.82) is 0 Å². The maximum atomic E-state index is 12.7. The Hall–Kier alpha value is -1.81. The van der Waals surface area contributed by atoms with Gasteiger partial charge in [0, 0.05) is 48.8 Å². The molecule has 23 heavy (non-hydrogen) atoms. The molecule has 122 valence electrons. The molecule has 1 N–H and O–H groups in total. The number of nitrogens with zero attached hydrogens (tertiary/aromatic N) is 2. The molecule has 4 nitrogen and oxygen atoms in total. The van der Waals surface area contributed by atoms with Crippen LogP contribution in [0.3, 0.4) is 0 Å². The van der Waals surface area contributed by atoms with Gasteiger partial charge in [0.15, 0.2) is 0 Å². The van der Waals surface area contributed by atoms with Gasteiger partial charge in [-0.3, -0.25) is 4.79 Å². The lowest BCUT2D eigenvalue weighted by Crippen LogP contribution is -2.45. The minimum absolute atomic E-state index is 0.0817. The highest BCUT2D eigenvalue weighted by Crippen LogP contribution is 2.29. The van der Waals surface area contributed by atoms with E-state index in [4.69, 9.17) is 0 Å². The van der Waals surface area contributed by atoms with Gasteiger partial charge in [-0.1, -0.05) is 18.2 Å². The van der Waals surface area contributed by atoms with E-state index in [-0.39, 0.29) is 5.91 Å². The van der Waals surface area contributed by atoms with E-state index >= 15 is 0 Å². The van der Waals surface area contributed by atoms with Crippen molar-refractivity contribution in [3.8, 4) is 0 Å². The maximum absolute atomic E-state index is 12.7. The highest BCUT2D eigenvalue weighted by Gasteiger charge is 2.32. The molecule has 4 rings (SSSR count). The van der Waals surface area contributed by atoms with Gasteiger partial charge in [-0.2, -0.15) is 0 Å². The average molecular weight is 311 g/mol. The van der Waals surface area contributed by atoms with Crippen molar-refractivity contribution in [3.63, 3.8) is 0 Å². The lowest BCUT2D eigenvalue weighted by Gasteiger charge is -2.32. The first-order valence-corrected chi connectivity index (χ1v) is 8.89. The van der Waals surface area contributed by atoms with Crippen LogP contribution in [0.4, 0.5) is 0 Å². The van der Waals surface area contributed by atoms with Gasteiger partial charge in [-0.05, 0) is 38.7 Å². The molecule has 1 saturated carbocycles. The van der Waals surface area contributed by atoms with Crippen molar-refractivity contribution >= 4 is 16.8 Å². The summed E-state index contributed by atoms with van der Waals surface area (Å²) in [5, 5.41) is 4.32. The van der Waals surface area contributed by atoms with Gasteiger partial charge in [-0.25, -0.2) is 0 Å². The van der Waals surface area contributed by atoms with Gasteiger partial charge in [0.2, 0.25) is 0 Å². The lowest BCUT2D eigenvalue weighted by atomic mass is 10.0. The Morgan fingerprint density at radius 1 is 1.17 bits per heavy atom. The van der Waals surface area contributed by atoms with Crippen LogP contribution < -0.4 is 5.32 Å². The number of fused-ring (bicyclic) bond motifs is 1. The standard InChI is InChI=1S/C19H25N3O/c1-2-21-13-17(16-5-3-4-6-18(16)21)19(23)20-14-9-11-22(12-10-14)15-7-8-15/h3-6,13-15H,2,7-12H2,1H3,(H,20,23). The Labute approximate surface area is 137 Å². The molecular weight excluding hydrogens is 286 g/mol. The minimum atomic E-state index is 0.0817. The summed E-state index contributed by atoms with van der Waals surface area (Å²) in [5.74, 6) is 0.0817. The second kappa shape index (κ2) is 6.00. The van der Waals surface area contributed by atoms with Gasteiger partial charge >= 0.3 is 0 Å². The van der Waals surface area contributed by atoms with Gasteiger partial charge in [0.25, 0.3) is 5.91 Å². The van der Waals surface area contributed by atoms with Crippen LogP contribution in [0.25, 0.3) is 10.9 Å². The van der Waals surface area contributed by atoms with Crippen LogP contribution in [-0.2, 0) is 6.54 Å². The largest absolute Gasteiger partial charge is 0.349 e. The predicted octanol–water partition coefficient (Wildman–Crippen LogP) is 3.02. The SMILES string of the molecule is CCn1cc(C(=O)NC2CCN(C3CC3)CC2)c2ccccc21. The van der Waals surface area contributed by atoms with E-state index in [0.717, 1.165) is 55.0 Å². The lowest BCUT2D eigenvalue weighted by molar-refractivity contribution is 0.0910. The van der Waals surface area contributed by atoms with Crippen LogP contribution in [0.5, 0.6) is 0 Å². The number of nitrogens with one attached hydrogen (secondary N) is 1. The number of aromatic nitrogens is 1. The zero-order chi connectivity index (χ0) is 15.8. The smallest absolute Gasteiger partial charge is 0.253 e. The zero-order valence-electron chi connectivity index (χ0n) is 13.8. The summed E-state index contributed by atoms with van der Waals surface area (Å²) in [7, 11) is 0. The van der Waals surface area contributed by atoms with Gasteiger partial charge in [-0.15, -0.1) is 0 Å². The Morgan fingerprint density at radius 2 is 1.91 bits per heavy atom. The Balaban J connectivity index is 1.47. The summed E-state index contributed by atoms with van der Waals surface area (Å²) < 4.78 is 2.15. The summed E-state index contributed by atoms with van der Waals surface area (Å²) in [6.45, 7) is 5.26. The van der Waals surface area contributed by atoms with Crippen LogP contribution in [0, 0.1) is 0 Å². The van der Waals surface area contributed by atoms with Gasteiger partial charge < -0.3 is 14.8 Å². The summed E-state index contributed by atoms with van der Waals surface area (Å²) >= 11 is 0. The molecular formula is C19H25N3O. The fourth-order valence-corrected chi connectivity index (χ4v) is 3.80. The normalized spacial score (nSPS) is 20.0. The van der Waals surface area contributed by atoms with Crippen molar-refractivity contribution in [2.45, 2.75) is 51.2 Å². The van der Waals surface area contributed by atoms with Crippen LogP contribution >= 0.6 is 0 Å². The number of amides is 1. The molecule has 0 radical (unpaired) electrons. The number of piperidine rings is 1. The molecule has 1 aliphatic heterocycles. The number of benzene rings is 1. The van der Waals surface area contributed by atoms with Gasteiger partial charge in [0.05, 0.1) is 5.56 Å². The Kier molecular flexibility index (Phi) is 3.85. The minimum Gasteiger partial charge on any atom is -0.349 e. The predicted molar refractivity (Wildman–Crippen MR) is 92.7 cm³/mol. The topological polar surface area (TPSA) is 37.3 Å². The number of hydrogen-bond acceptors (Lipinski definition) is 2. The molecule has 0 unspecified atom stereocenters. The molecule has 4 heteroatoms. The van der Waals surface area contributed by atoms with Gasteiger partial charge in [0.1, 0.15) is 0 Å². The molecule has 1 aliphatic carbocycles. The fourth-order valence-electron chi connectivity index (χ4n) is 3.80. The number of carbonyl (C=O) groups is 1. The number of para-hydroxylation sites is 1. The molecule has 0 bridgehead atoms. The monoisotopic (exact) mass is 311 g/mol. The average Bonchev–Trinajstić information content (AvgIpc) is 3.36. The van der Waals surface area contributed by atoms with Crippen molar-refractivity contribution in [2.75, 3.05) is 13.1 Å². The molecule has 2 aliphatic rings. The number of hydrogen-bond donors (Lipinski definition) is 1.